The summed E-state index contributed by atoms with van der Waals surface area (Å²) in [5, 5.41) is 12.2. The number of rotatable bonds is 32. The zero-order valence-corrected chi connectivity index (χ0v) is 59.2. The molecule has 2 aliphatic heterocycles. The number of aryl methyl sites for hydroxylation is 1. The Labute approximate surface area is 568 Å². The monoisotopic (exact) mass is 1350 g/mol. The molecule has 6 rings (SSSR count). The fraction of sp³-hybridized carbons (Fsp3) is 0.743. The Kier molecular flexibility index (Phi) is 30.2. The smallest absolute Gasteiger partial charge is 0.248 e. The number of hydrogen-bond acceptors (Lipinski definition) is 13. The van der Waals surface area contributed by atoms with E-state index in [2.05, 4.69) is 21.3 Å². The van der Waals surface area contributed by atoms with E-state index in [0.29, 0.717) is 82.2 Å². The molecule has 0 aromatic heterocycles. The molecule has 25 heteroatoms. The molecule has 3 aliphatic carbocycles. The second kappa shape index (κ2) is 37.2. The van der Waals surface area contributed by atoms with E-state index in [1.165, 1.54) is 69.4 Å². The molecule has 3 saturated carbocycles. The van der Waals surface area contributed by atoms with Gasteiger partial charge in [-0.2, -0.15) is 0 Å². The zero-order valence-electron chi connectivity index (χ0n) is 58.4. The number of hydrogen-bond donors (Lipinski definition) is 4. The molecular weight excluding hydrogens is 1240 g/mol. The number of nitrogens with zero attached hydrogens (tertiary/aromatic N) is 8. The second-order valence-corrected chi connectivity index (χ2v) is 28.3. The van der Waals surface area contributed by atoms with Gasteiger partial charge in [0.25, 0.3) is 0 Å². The van der Waals surface area contributed by atoms with Crippen LogP contribution in [-0.2, 0) is 64.0 Å². The van der Waals surface area contributed by atoms with Gasteiger partial charge in [-0.05, 0) is 133 Å². The highest BCUT2D eigenvalue weighted by Crippen LogP contribution is 2.37. The Morgan fingerprint density at radius 3 is 1.88 bits per heavy atom. The highest BCUT2D eigenvalue weighted by atomic mass is 35.5. The number of likely N-dealkylation sites (N-methyl/N-ethyl adjacent to an activating group) is 7. The van der Waals surface area contributed by atoms with Gasteiger partial charge in [-0.3, -0.25) is 52.7 Å². The van der Waals surface area contributed by atoms with Crippen LogP contribution in [0.3, 0.4) is 0 Å². The molecule has 0 spiro atoms. The van der Waals surface area contributed by atoms with Gasteiger partial charge in [0.1, 0.15) is 48.1 Å². The standard InChI is InChI=1S/C70H111ClN12O12/c1-11-47(2)54(46-84)74-63(89)48(3)78(7)59(86)42-57(67(93)82-38-21-14-22-39-82)80(9)68(94)62(51-28-17-13-18-29-51)81(10)69(95)70(36-19-20-37-70)75-64(90)55-31-24-40-83(55)65(91)53(30-23-27-49-32-34-52(71)35-33-49)73-58(85)44-77(6)66(92)56(41-50-25-15-12-16-26-50)79(8)61(88)45-76(5)60(87)43-72-4/h32-35,46-48,50-51,53-57,62,72H,11-31,36-45H2,1-10H3,(H,73,85)(H,74,89)(H,75,90)/t47-,48+,53-,54+,55-,56-,57-,62-/m0/s1. The number of piperidine rings is 1. The molecule has 0 radical (unpaired) electrons. The van der Waals surface area contributed by atoms with Crippen molar-refractivity contribution in [1.29, 1.82) is 0 Å². The Morgan fingerprint density at radius 1 is 0.653 bits per heavy atom. The molecule has 2 saturated heterocycles. The Balaban J connectivity index is 1.22. The molecule has 530 valence electrons. The van der Waals surface area contributed by atoms with Gasteiger partial charge in [0.15, 0.2) is 0 Å². The summed E-state index contributed by atoms with van der Waals surface area (Å²) < 4.78 is 0. The first-order chi connectivity index (χ1) is 45.3. The summed E-state index contributed by atoms with van der Waals surface area (Å²) in [6.07, 6.45) is 15.8. The van der Waals surface area contributed by atoms with Gasteiger partial charge >= 0.3 is 0 Å². The molecule has 11 amide bonds. The zero-order chi connectivity index (χ0) is 69.7. The van der Waals surface area contributed by atoms with Crippen molar-refractivity contribution in [2.75, 3.05) is 88.6 Å². The van der Waals surface area contributed by atoms with E-state index in [4.69, 9.17) is 11.6 Å². The first-order valence-electron chi connectivity index (χ1n) is 35.2. The molecule has 2 heterocycles. The van der Waals surface area contributed by atoms with Gasteiger partial charge in [-0.15, -0.1) is 0 Å². The minimum atomic E-state index is -1.47. The third-order valence-corrected chi connectivity index (χ3v) is 21.4. The van der Waals surface area contributed by atoms with Crippen LogP contribution in [0.1, 0.15) is 180 Å². The molecule has 5 fully saturated rings. The molecule has 0 bridgehead atoms. The maximum atomic E-state index is 15.6. The molecule has 24 nitrogen and oxygen atoms in total. The van der Waals surface area contributed by atoms with Gasteiger partial charge in [0.05, 0.1) is 32.1 Å². The summed E-state index contributed by atoms with van der Waals surface area (Å²) in [5.74, 6) is -5.69. The molecule has 0 unspecified atom stereocenters. The average molecular weight is 1350 g/mol. The lowest BCUT2D eigenvalue weighted by atomic mass is 9.81. The first-order valence-corrected chi connectivity index (χ1v) is 35.5. The van der Waals surface area contributed by atoms with Crippen LogP contribution in [0, 0.1) is 17.8 Å². The second-order valence-electron chi connectivity index (χ2n) is 27.9. The van der Waals surface area contributed by atoms with Crippen LogP contribution in [-0.4, -0.2) is 247 Å². The van der Waals surface area contributed by atoms with Crippen molar-refractivity contribution < 1.29 is 57.5 Å². The summed E-state index contributed by atoms with van der Waals surface area (Å²) in [6, 6.07) is 0.0574. The van der Waals surface area contributed by atoms with Crippen LogP contribution < -0.4 is 21.3 Å². The van der Waals surface area contributed by atoms with E-state index >= 15 is 19.2 Å². The molecule has 5 aliphatic rings. The molecule has 4 N–H and O–H groups in total. The van der Waals surface area contributed by atoms with Crippen LogP contribution >= 0.6 is 11.6 Å². The maximum absolute atomic E-state index is 15.6. The number of likely N-dealkylation sites (tertiary alicyclic amines) is 2. The van der Waals surface area contributed by atoms with Gasteiger partial charge in [-0.1, -0.05) is 108 Å². The number of nitrogens with one attached hydrogen (secondary N) is 4. The van der Waals surface area contributed by atoms with Crippen LogP contribution in [0.5, 0.6) is 0 Å². The third kappa shape index (κ3) is 20.9. The van der Waals surface area contributed by atoms with Crippen LogP contribution in [0.15, 0.2) is 24.3 Å². The third-order valence-electron chi connectivity index (χ3n) is 21.2. The van der Waals surface area contributed by atoms with Gasteiger partial charge < -0.3 is 65.3 Å². The maximum Gasteiger partial charge on any atom is 0.248 e. The normalized spacial score (nSPS) is 19.7. The fourth-order valence-electron chi connectivity index (χ4n) is 14.7. The SMILES string of the molecule is CC[C@H](C)[C@@H](C=O)NC(=O)[C@@H](C)N(C)C(=O)C[C@@H](C(=O)N1CCCCC1)N(C)C(=O)[C@H](C1CCCCC1)N(C)C(=O)C1(NC(=O)[C@@H]2CCCN2C(=O)[C@H](CCCc2ccc(Cl)cc2)NC(=O)CN(C)C(=O)[C@H](CC2CCCCC2)N(C)C(=O)CN(C)C(=O)CNC)CCCC1. The Morgan fingerprint density at radius 2 is 1.27 bits per heavy atom. The molecule has 8 atom stereocenters. The number of carbonyl (C=O) groups excluding carboxylic acids is 12. The van der Waals surface area contributed by atoms with E-state index in [1.807, 2.05) is 26.0 Å². The van der Waals surface area contributed by atoms with E-state index in [9.17, 15) is 38.4 Å². The highest BCUT2D eigenvalue weighted by molar-refractivity contribution is 6.30. The lowest BCUT2D eigenvalue weighted by Gasteiger charge is -2.43. The van der Waals surface area contributed by atoms with Gasteiger partial charge in [0.2, 0.25) is 65.0 Å². The first kappa shape index (κ1) is 77.3. The summed E-state index contributed by atoms with van der Waals surface area (Å²) in [6.45, 7) is 5.69. The number of aldehydes is 1. The topological polar surface area (TPSA) is 279 Å². The number of halogens is 1. The van der Waals surface area contributed by atoms with Crippen molar-refractivity contribution in [1.82, 2.24) is 60.5 Å². The van der Waals surface area contributed by atoms with Crippen LogP contribution in [0.4, 0.5) is 0 Å². The quantitative estimate of drug-likeness (QED) is 0.0712. The summed E-state index contributed by atoms with van der Waals surface area (Å²) in [4.78, 5) is 182. The van der Waals surface area contributed by atoms with E-state index in [0.717, 1.165) is 76.2 Å². The summed E-state index contributed by atoms with van der Waals surface area (Å²) in [7, 11) is 10.7. The fourth-order valence-corrected chi connectivity index (χ4v) is 14.8. The van der Waals surface area contributed by atoms with Crippen molar-refractivity contribution in [3.8, 4) is 0 Å². The largest absolute Gasteiger partial charge is 0.345 e. The summed E-state index contributed by atoms with van der Waals surface area (Å²) >= 11 is 6.21. The van der Waals surface area contributed by atoms with Crippen molar-refractivity contribution in [3.63, 3.8) is 0 Å². The lowest BCUT2D eigenvalue weighted by Crippen LogP contribution is -2.65. The number of amides is 11. The van der Waals surface area contributed by atoms with Gasteiger partial charge in [-0.25, -0.2) is 0 Å². The highest BCUT2D eigenvalue weighted by Gasteiger charge is 2.51. The van der Waals surface area contributed by atoms with Crippen LogP contribution in [0.25, 0.3) is 0 Å². The predicted molar refractivity (Wildman–Crippen MR) is 362 cm³/mol. The van der Waals surface area contributed by atoms with Crippen molar-refractivity contribution in [3.05, 3.63) is 34.9 Å². The Bertz CT molecular complexity index is 2800. The van der Waals surface area contributed by atoms with E-state index in [1.54, 1.807) is 38.2 Å². The minimum Gasteiger partial charge on any atom is -0.345 e. The van der Waals surface area contributed by atoms with E-state index < -0.39 is 120 Å². The minimum absolute atomic E-state index is 0.0343. The summed E-state index contributed by atoms with van der Waals surface area (Å²) in [5.41, 5.74) is -0.515. The van der Waals surface area contributed by atoms with Crippen molar-refractivity contribution in [2.24, 2.45) is 17.8 Å². The molecular formula is C70H111ClN12O12. The average Bonchev–Trinajstić information content (AvgIpc) is 1.63. The van der Waals surface area contributed by atoms with Crippen molar-refractivity contribution in [2.45, 2.75) is 229 Å². The molecule has 1 aromatic rings. The molecule has 95 heavy (non-hydrogen) atoms. The lowest BCUT2D eigenvalue weighted by molar-refractivity contribution is -0.157. The molecule has 1 aromatic carbocycles. The van der Waals surface area contributed by atoms with E-state index in [-0.39, 0.29) is 69.0 Å². The Hall–Kier alpha value is -6.69. The predicted octanol–water partition coefficient (Wildman–Crippen LogP) is 4.71. The van der Waals surface area contributed by atoms with Crippen molar-refractivity contribution >= 4 is 82.9 Å². The number of benzene rings is 1. The van der Waals surface area contributed by atoms with Gasteiger partial charge in [0, 0.05) is 66.9 Å². The number of carbonyl (C=O) groups is 12. The van der Waals surface area contributed by atoms with Crippen LogP contribution in [0.2, 0.25) is 5.02 Å².